The molecule has 1 aliphatic rings. The molecule has 1 aromatic heterocycles. The van der Waals surface area contributed by atoms with E-state index in [4.69, 9.17) is 9.84 Å². The number of ether oxygens (including phenoxy) is 1. The lowest BCUT2D eigenvalue weighted by atomic mass is 10.1. The molecule has 0 bridgehead atoms. The lowest BCUT2D eigenvalue weighted by molar-refractivity contribution is 0.0583. The predicted octanol–water partition coefficient (Wildman–Crippen LogP) is 2.74. The van der Waals surface area contributed by atoms with Crippen LogP contribution >= 0.6 is 0 Å². The number of rotatable bonds is 4. The quantitative estimate of drug-likeness (QED) is 0.905. The Bertz CT molecular complexity index is 836. The van der Waals surface area contributed by atoms with Crippen LogP contribution in [0.5, 0.6) is 5.75 Å². The number of benzene rings is 1. The van der Waals surface area contributed by atoms with Crippen molar-refractivity contribution in [1.82, 2.24) is 9.88 Å². The van der Waals surface area contributed by atoms with Crippen molar-refractivity contribution in [3.63, 3.8) is 0 Å². The highest BCUT2D eigenvalue weighted by Crippen LogP contribution is 2.23. The van der Waals surface area contributed by atoms with Crippen LogP contribution in [0, 0.1) is 11.6 Å². The van der Waals surface area contributed by atoms with Crippen LogP contribution in [0.2, 0.25) is 0 Å². The van der Waals surface area contributed by atoms with Gasteiger partial charge < -0.3 is 14.7 Å². The predicted molar refractivity (Wildman–Crippen MR) is 87.1 cm³/mol. The lowest BCUT2D eigenvalue weighted by Crippen LogP contribution is -2.42. The van der Waals surface area contributed by atoms with Crippen molar-refractivity contribution >= 4 is 11.9 Å². The topological polar surface area (TPSA) is 79.7 Å². The Balaban J connectivity index is 1.60. The summed E-state index contributed by atoms with van der Waals surface area (Å²) in [6, 6.07) is 5.67. The highest BCUT2D eigenvalue weighted by atomic mass is 19.1. The van der Waals surface area contributed by atoms with Crippen molar-refractivity contribution in [2.24, 2.45) is 0 Å². The number of amides is 1. The molecule has 6 nitrogen and oxygen atoms in total. The molecule has 0 saturated carbocycles. The molecule has 1 amide bonds. The average molecular weight is 362 g/mol. The average Bonchev–Trinajstić information content (AvgIpc) is 2.64. The molecule has 2 aromatic rings. The van der Waals surface area contributed by atoms with Crippen molar-refractivity contribution in [1.29, 1.82) is 0 Å². The van der Waals surface area contributed by atoms with Crippen LogP contribution < -0.4 is 4.74 Å². The molecule has 26 heavy (non-hydrogen) atoms. The van der Waals surface area contributed by atoms with Crippen LogP contribution in [0.15, 0.2) is 36.5 Å². The van der Waals surface area contributed by atoms with E-state index in [1.165, 1.54) is 24.4 Å². The number of hydrogen-bond acceptors (Lipinski definition) is 4. The number of piperidine rings is 1. The zero-order valence-electron chi connectivity index (χ0n) is 13.7. The van der Waals surface area contributed by atoms with Crippen LogP contribution in [-0.4, -0.2) is 46.1 Å². The van der Waals surface area contributed by atoms with Gasteiger partial charge in [-0.1, -0.05) is 0 Å². The summed E-state index contributed by atoms with van der Waals surface area (Å²) in [6.45, 7) is 0.733. The molecular weight excluding hydrogens is 346 g/mol. The molecule has 136 valence electrons. The van der Waals surface area contributed by atoms with Crippen LogP contribution in [0.3, 0.4) is 0 Å². The molecular formula is C18H16F2N2O4. The second-order valence-electron chi connectivity index (χ2n) is 5.92. The number of carboxylic acid groups (broad SMARTS) is 1. The molecule has 3 rings (SSSR count). The molecule has 0 aliphatic carbocycles. The number of hydrogen-bond donors (Lipinski definition) is 1. The molecule has 1 aliphatic heterocycles. The molecule has 8 heteroatoms. The first-order valence-electron chi connectivity index (χ1n) is 8.04. The third-order valence-corrected chi connectivity index (χ3v) is 4.14. The maximum atomic E-state index is 13.6. The number of carbonyl (C=O) groups is 2. The highest BCUT2D eigenvalue weighted by molar-refractivity contribution is 5.95. The number of aromatic carboxylic acids is 1. The Labute approximate surface area is 148 Å². The van der Waals surface area contributed by atoms with Gasteiger partial charge in [-0.15, -0.1) is 0 Å². The van der Waals surface area contributed by atoms with Gasteiger partial charge >= 0.3 is 5.97 Å². The third kappa shape index (κ3) is 3.96. The van der Waals surface area contributed by atoms with E-state index in [9.17, 15) is 18.4 Å². The van der Waals surface area contributed by atoms with Gasteiger partial charge in [0.15, 0.2) is 11.6 Å². The van der Waals surface area contributed by atoms with Crippen molar-refractivity contribution in [2.45, 2.75) is 18.9 Å². The monoisotopic (exact) mass is 362 g/mol. The van der Waals surface area contributed by atoms with Crippen LogP contribution in [-0.2, 0) is 0 Å². The first-order chi connectivity index (χ1) is 12.4. The SMILES string of the molecule is O=C(O)c1ccnc(C(=O)N2CCC(Oc3ccc(F)cc3F)CC2)c1. The Morgan fingerprint density at radius 1 is 1.15 bits per heavy atom. The van der Waals surface area contributed by atoms with E-state index in [1.54, 1.807) is 4.90 Å². The second-order valence-corrected chi connectivity index (χ2v) is 5.92. The highest BCUT2D eigenvalue weighted by Gasteiger charge is 2.26. The van der Waals surface area contributed by atoms with E-state index in [1.807, 2.05) is 0 Å². The fraction of sp³-hybridized carbons (Fsp3) is 0.278. The first kappa shape index (κ1) is 17.8. The number of likely N-dealkylation sites (tertiary alicyclic amines) is 1. The third-order valence-electron chi connectivity index (χ3n) is 4.14. The molecule has 0 spiro atoms. The minimum Gasteiger partial charge on any atom is -0.487 e. The number of carbonyl (C=O) groups excluding carboxylic acids is 1. The smallest absolute Gasteiger partial charge is 0.335 e. The lowest BCUT2D eigenvalue weighted by Gasteiger charge is -2.32. The second kappa shape index (κ2) is 7.47. The largest absolute Gasteiger partial charge is 0.487 e. The molecule has 2 heterocycles. The van der Waals surface area contributed by atoms with Gasteiger partial charge in [0.1, 0.15) is 17.6 Å². The standard InChI is InChI=1S/C18H16F2N2O4/c19-12-1-2-16(14(20)10-12)26-13-4-7-22(8-5-13)17(23)15-9-11(18(24)25)3-6-21-15/h1-3,6,9-10,13H,4-5,7-8H2,(H,24,25). The van der Waals surface area contributed by atoms with Crippen LogP contribution in [0.1, 0.15) is 33.7 Å². The van der Waals surface area contributed by atoms with Crippen molar-refractivity contribution in [3.8, 4) is 5.75 Å². The molecule has 1 fully saturated rings. The van der Waals surface area contributed by atoms with E-state index in [0.29, 0.717) is 25.9 Å². The normalized spacial score (nSPS) is 14.9. The van der Waals surface area contributed by atoms with Gasteiger partial charge in [0.2, 0.25) is 0 Å². The zero-order chi connectivity index (χ0) is 18.7. The summed E-state index contributed by atoms with van der Waals surface area (Å²) in [5, 5.41) is 8.99. The van der Waals surface area contributed by atoms with Gasteiger partial charge in [-0.2, -0.15) is 0 Å². The summed E-state index contributed by atoms with van der Waals surface area (Å²) < 4.78 is 32.1. The van der Waals surface area contributed by atoms with E-state index in [0.717, 1.165) is 12.1 Å². The number of carboxylic acids is 1. The van der Waals surface area contributed by atoms with Gasteiger partial charge in [0, 0.05) is 38.2 Å². The van der Waals surface area contributed by atoms with Crippen molar-refractivity contribution < 1.29 is 28.2 Å². The molecule has 1 aromatic carbocycles. The van der Waals surface area contributed by atoms with E-state index < -0.39 is 17.6 Å². The van der Waals surface area contributed by atoms with E-state index in [-0.39, 0.29) is 29.0 Å². The summed E-state index contributed by atoms with van der Waals surface area (Å²) >= 11 is 0. The number of nitrogens with zero attached hydrogens (tertiary/aromatic N) is 2. The molecule has 1 saturated heterocycles. The number of pyridine rings is 1. The Morgan fingerprint density at radius 3 is 2.54 bits per heavy atom. The minimum absolute atomic E-state index is 0.00615. The Morgan fingerprint density at radius 2 is 1.88 bits per heavy atom. The molecule has 0 radical (unpaired) electrons. The van der Waals surface area contributed by atoms with E-state index in [2.05, 4.69) is 4.98 Å². The van der Waals surface area contributed by atoms with Crippen LogP contribution in [0.4, 0.5) is 8.78 Å². The van der Waals surface area contributed by atoms with Gasteiger partial charge in [0.05, 0.1) is 5.56 Å². The molecule has 0 atom stereocenters. The van der Waals surface area contributed by atoms with Gasteiger partial charge in [-0.3, -0.25) is 9.78 Å². The first-order valence-corrected chi connectivity index (χ1v) is 8.04. The Hall–Kier alpha value is -3.03. The Kier molecular flexibility index (Phi) is 5.11. The van der Waals surface area contributed by atoms with E-state index >= 15 is 0 Å². The van der Waals surface area contributed by atoms with Crippen molar-refractivity contribution in [3.05, 3.63) is 59.4 Å². The summed E-state index contributed by atoms with van der Waals surface area (Å²) in [4.78, 5) is 28.9. The van der Waals surface area contributed by atoms with Gasteiger partial charge in [-0.05, 0) is 24.3 Å². The fourth-order valence-corrected chi connectivity index (χ4v) is 2.77. The number of halogens is 2. The molecule has 0 unspecified atom stereocenters. The summed E-state index contributed by atoms with van der Waals surface area (Å²) in [6.07, 6.45) is 1.93. The maximum absolute atomic E-state index is 13.6. The van der Waals surface area contributed by atoms with Gasteiger partial charge in [-0.25, -0.2) is 13.6 Å². The summed E-state index contributed by atoms with van der Waals surface area (Å²) in [7, 11) is 0. The van der Waals surface area contributed by atoms with Crippen molar-refractivity contribution in [2.75, 3.05) is 13.1 Å². The van der Waals surface area contributed by atoms with Crippen LogP contribution in [0.25, 0.3) is 0 Å². The summed E-state index contributed by atoms with van der Waals surface area (Å²) in [5.41, 5.74) is 0.0576. The molecule has 1 N–H and O–H groups in total. The zero-order valence-corrected chi connectivity index (χ0v) is 13.7. The number of aromatic nitrogens is 1. The summed E-state index contributed by atoms with van der Waals surface area (Å²) in [5.74, 6) is -2.95. The maximum Gasteiger partial charge on any atom is 0.335 e. The fourth-order valence-electron chi connectivity index (χ4n) is 2.77. The van der Waals surface area contributed by atoms with Gasteiger partial charge in [0.25, 0.3) is 5.91 Å². The minimum atomic E-state index is -1.13.